The molecule has 0 aliphatic heterocycles. The van der Waals surface area contributed by atoms with Crippen molar-refractivity contribution in [3.05, 3.63) is 65.9 Å². The number of nitrogens with zero attached hydrogens (tertiary/aromatic N) is 3. The lowest BCUT2D eigenvalue weighted by Crippen LogP contribution is -2.36. The first-order valence-corrected chi connectivity index (χ1v) is 10.2. The average molecular weight is 408 g/mol. The maximum atomic E-state index is 12.3. The van der Waals surface area contributed by atoms with Gasteiger partial charge in [-0.25, -0.2) is 4.68 Å². The van der Waals surface area contributed by atoms with Gasteiger partial charge in [0.1, 0.15) is 0 Å². The minimum Gasteiger partial charge on any atom is -0.493 e. The van der Waals surface area contributed by atoms with Gasteiger partial charge in [0.05, 0.1) is 30.6 Å². The molecule has 3 rings (SSSR count). The molecule has 1 heterocycles. The summed E-state index contributed by atoms with van der Waals surface area (Å²) in [5.41, 5.74) is 2.58. The number of aryl methyl sites for hydroxylation is 1. The van der Waals surface area contributed by atoms with Crippen molar-refractivity contribution in [1.29, 1.82) is 0 Å². The normalized spacial score (nSPS) is 11.8. The van der Waals surface area contributed by atoms with Crippen molar-refractivity contribution >= 4 is 5.91 Å². The third-order valence-electron chi connectivity index (χ3n) is 5.27. The van der Waals surface area contributed by atoms with Crippen LogP contribution in [0.2, 0.25) is 0 Å². The van der Waals surface area contributed by atoms with E-state index < -0.39 is 0 Å². The van der Waals surface area contributed by atoms with Crippen molar-refractivity contribution in [2.75, 3.05) is 7.11 Å². The molecule has 0 saturated carbocycles. The molecule has 0 bridgehead atoms. The number of hydrogen-bond donors (Lipinski definition) is 0. The van der Waals surface area contributed by atoms with Crippen LogP contribution in [0.15, 0.2) is 54.6 Å². The van der Waals surface area contributed by atoms with Crippen molar-refractivity contribution < 1.29 is 14.3 Å². The van der Waals surface area contributed by atoms with Crippen LogP contribution in [-0.4, -0.2) is 33.7 Å². The zero-order chi connectivity index (χ0) is 21.7. The molecule has 158 valence electrons. The molecule has 0 saturated heterocycles. The first-order valence-electron chi connectivity index (χ1n) is 10.2. The Balaban J connectivity index is 2.12. The molecule has 0 aliphatic rings. The monoisotopic (exact) mass is 407 g/mol. The van der Waals surface area contributed by atoms with E-state index in [1.807, 2.05) is 66.4 Å². The molecule has 6 heteroatoms. The Morgan fingerprint density at radius 1 is 1.10 bits per heavy atom. The Hall–Kier alpha value is -3.28. The average Bonchev–Trinajstić information content (AvgIpc) is 3.07. The second-order valence-corrected chi connectivity index (χ2v) is 7.27. The molecule has 0 aliphatic carbocycles. The van der Waals surface area contributed by atoms with E-state index in [1.165, 1.54) is 0 Å². The summed E-state index contributed by atoms with van der Waals surface area (Å²) in [6.07, 6.45) is 0.869. The second kappa shape index (κ2) is 9.48. The van der Waals surface area contributed by atoms with Crippen LogP contribution in [0.3, 0.4) is 0 Å². The summed E-state index contributed by atoms with van der Waals surface area (Å²) in [5.74, 6) is 1.83. The van der Waals surface area contributed by atoms with Gasteiger partial charge in [0.15, 0.2) is 11.5 Å². The third kappa shape index (κ3) is 4.48. The van der Waals surface area contributed by atoms with Crippen LogP contribution >= 0.6 is 0 Å². The number of methoxy groups -OCH3 is 1. The SMILES string of the molecule is CCC(C)N(Cc1c(C)nn(-c2ccccc2)c1Oc1ccccc1OC)C(C)=O. The van der Waals surface area contributed by atoms with Gasteiger partial charge in [-0.2, -0.15) is 5.10 Å². The van der Waals surface area contributed by atoms with Crippen LogP contribution in [0, 0.1) is 6.92 Å². The lowest BCUT2D eigenvalue weighted by Gasteiger charge is -2.27. The molecule has 30 heavy (non-hydrogen) atoms. The minimum atomic E-state index is 0.0273. The molecule has 1 amide bonds. The van der Waals surface area contributed by atoms with Gasteiger partial charge in [0.25, 0.3) is 0 Å². The van der Waals surface area contributed by atoms with E-state index in [4.69, 9.17) is 14.6 Å². The summed E-state index contributed by atoms with van der Waals surface area (Å²) in [6, 6.07) is 17.4. The van der Waals surface area contributed by atoms with E-state index in [-0.39, 0.29) is 11.9 Å². The molecular weight excluding hydrogens is 378 g/mol. The maximum absolute atomic E-state index is 12.3. The largest absolute Gasteiger partial charge is 0.493 e. The highest BCUT2D eigenvalue weighted by Gasteiger charge is 2.25. The predicted octanol–water partition coefficient (Wildman–Crippen LogP) is 5.13. The van der Waals surface area contributed by atoms with E-state index in [1.54, 1.807) is 18.7 Å². The van der Waals surface area contributed by atoms with E-state index in [9.17, 15) is 4.79 Å². The van der Waals surface area contributed by atoms with Crippen molar-refractivity contribution in [2.45, 2.75) is 46.7 Å². The molecule has 3 aromatic rings. The van der Waals surface area contributed by atoms with Crippen LogP contribution < -0.4 is 9.47 Å². The number of hydrogen-bond acceptors (Lipinski definition) is 4. The zero-order valence-electron chi connectivity index (χ0n) is 18.3. The molecule has 1 aromatic heterocycles. The first-order chi connectivity index (χ1) is 14.5. The van der Waals surface area contributed by atoms with Crippen molar-refractivity contribution in [2.24, 2.45) is 0 Å². The number of rotatable bonds is 8. The highest BCUT2D eigenvalue weighted by Crippen LogP contribution is 2.36. The molecule has 0 N–H and O–H groups in total. The highest BCUT2D eigenvalue weighted by atomic mass is 16.5. The van der Waals surface area contributed by atoms with Crippen LogP contribution in [-0.2, 0) is 11.3 Å². The van der Waals surface area contributed by atoms with Crippen LogP contribution in [0.25, 0.3) is 5.69 Å². The minimum absolute atomic E-state index is 0.0273. The molecule has 0 spiro atoms. The van der Waals surface area contributed by atoms with Gasteiger partial charge in [0.2, 0.25) is 11.8 Å². The number of carbonyl (C=O) groups excluding carboxylic acids is 1. The van der Waals surface area contributed by atoms with E-state index in [0.29, 0.717) is 23.9 Å². The molecule has 0 radical (unpaired) electrons. The molecular formula is C24H29N3O3. The van der Waals surface area contributed by atoms with Gasteiger partial charge < -0.3 is 14.4 Å². The molecule has 2 aromatic carbocycles. The fraction of sp³-hybridized carbons (Fsp3) is 0.333. The van der Waals surface area contributed by atoms with Crippen molar-refractivity contribution in [3.63, 3.8) is 0 Å². The standard InChI is InChI=1S/C24H29N3O3/c1-6-17(2)26(19(4)28)16-21-18(3)25-27(20-12-8-7-9-13-20)24(21)30-23-15-11-10-14-22(23)29-5/h7-15,17H,6,16H2,1-5H3. The summed E-state index contributed by atoms with van der Waals surface area (Å²) in [4.78, 5) is 14.2. The quantitative estimate of drug-likeness (QED) is 0.519. The number of para-hydroxylation sites is 3. The van der Waals surface area contributed by atoms with Crippen molar-refractivity contribution in [3.8, 4) is 23.1 Å². The summed E-state index contributed by atoms with van der Waals surface area (Å²) in [6.45, 7) is 8.10. The lowest BCUT2D eigenvalue weighted by molar-refractivity contribution is -0.131. The molecule has 0 fully saturated rings. The van der Waals surface area contributed by atoms with Crippen molar-refractivity contribution in [1.82, 2.24) is 14.7 Å². The molecule has 1 atom stereocenters. The third-order valence-corrected chi connectivity index (χ3v) is 5.27. The van der Waals surface area contributed by atoms with E-state index in [2.05, 4.69) is 13.8 Å². The van der Waals surface area contributed by atoms with Crippen LogP contribution in [0.1, 0.15) is 38.4 Å². The number of benzene rings is 2. The maximum Gasteiger partial charge on any atom is 0.228 e. The van der Waals surface area contributed by atoms with E-state index in [0.717, 1.165) is 23.4 Å². The van der Waals surface area contributed by atoms with Crippen LogP contribution in [0.5, 0.6) is 17.4 Å². The second-order valence-electron chi connectivity index (χ2n) is 7.27. The van der Waals surface area contributed by atoms with Gasteiger partial charge in [-0.15, -0.1) is 0 Å². The van der Waals surface area contributed by atoms with Gasteiger partial charge in [-0.05, 0) is 44.5 Å². The topological polar surface area (TPSA) is 56.6 Å². The Morgan fingerprint density at radius 2 is 1.73 bits per heavy atom. The fourth-order valence-electron chi connectivity index (χ4n) is 3.34. The first kappa shape index (κ1) is 21.4. The summed E-state index contributed by atoms with van der Waals surface area (Å²) >= 11 is 0. The number of amides is 1. The zero-order valence-corrected chi connectivity index (χ0v) is 18.3. The van der Waals surface area contributed by atoms with Gasteiger partial charge in [-0.3, -0.25) is 4.79 Å². The Labute approximate surface area is 178 Å². The summed E-state index contributed by atoms with van der Waals surface area (Å²) < 4.78 is 13.6. The van der Waals surface area contributed by atoms with Gasteiger partial charge in [0, 0.05) is 13.0 Å². The molecule has 1 unspecified atom stereocenters. The number of aromatic nitrogens is 2. The smallest absolute Gasteiger partial charge is 0.228 e. The summed E-state index contributed by atoms with van der Waals surface area (Å²) in [7, 11) is 1.61. The predicted molar refractivity (Wildman–Crippen MR) is 117 cm³/mol. The summed E-state index contributed by atoms with van der Waals surface area (Å²) in [5, 5.41) is 4.74. The highest BCUT2D eigenvalue weighted by molar-refractivity contribution is 5.73. The van der Waals surface area contributed by atoms with E-state index >= 15 is 0 Å². The number of ether oxygens (including phenoxy) is 2. The molecule has 6 nitrogen and oxygen atoms in total. The Morgan fingerprint density at radius 3 is 2.33 bits per heavy atom. The fourth-order valence-corrected chi connectivity index (χ4v) is 3.34. The van der Waals surface area contributed by atoms with Gasteiger partial charge >= 0.3 is 0 Å². The Bertz CT molecular complexity index is 998. The van der Waals surface area contributed by atoms with Gasteiger partial charge in [-0.1, -0.05) is 37.3 Å². The lowest BCUT2D eigenvalue weighted by atomic mass is 10.1. The van der Waals surface area contributed by atoms with Crippen LogP contribution in [0.4, 0.5) is 0 Å². The Kier molecular flexibility index (Phi) is 6.77. The number of carbonyl (C=O) groups is 1.